The number of hydrogen-bond acceptors (Lipinski definition) is 4. The largest absolute Gasteiger partial charge is 0.317 e. The topological polar surface area (TPSA) is 58.2 Å². The van der Waals surface area contributed by atoms with E-state index in [-0.39, 0.29) is 6.04 Å². The van der Waals surface area contributed by atoms with Crippen LogP contribution in [0.3, 0.4) is 0 Å². The summed E-state index contributed by atoms with van der Waals surface area (Å²) in [7, 11) is -3.33. The molecule has 1 fully saturated rings. The van der Waals surface area contributed by atoms with E-state index in [9.17, 15) is 8.42 Å². The van der Waals surface area contributed by atoms with Crippen molar-refractivity contribution in [2.75, 3.05) is 13.1 Å². The molecule has 2 rings (SSSR count). The van der Waals surface area contributed by atoms with Crippen LogP contribution >= 0.6 is 11.3 Å². The lowest BCUT2D eigenvalue weighted by Crippen LogP contribution is -2.33. The number of sulfonamides is 1. The molecule has 1 heterocycles. The highest BCUT2D eigenvalue weighted by Gasteiger charge is 2.31. The molecule has 0 aromatic carbocycles. The highest BCUT2D eigenvalue weighted by Crippen LogP contribution is 2.33. The van der Waals surface area contributed by atoms with Crippen LogP contribution in [0.2, 0.25) is 0 Å². The average molecular weight is 302 g/mol. The Hall–Kier alpha value is -0.430. The van der Waals surface area contributed by atoms with Gasteiger partial charge in [-0.15, -0.1) is 11.3 Å². The highest BCUT2D eigenvalue weighted by atomic mass is 32.2. The maximum atomic E-state index is 12.2. The van der Waals surface area contributed by atoms with Crippen LogP contribution in [0.4, 0.5) is 0 Å². The Morgan fingerprint density at radius 3 is 2.79 bits per heavy atom. The number of thiophene rings is 1. The SMILES string of the molecule is CCNCCc1ccc(S(=O)(=O)NC(C)C2CC2)s1. The maximum Gasteiger partial charge on any atom is 0.250 e. The highest BCUT2D eigenvalue weighted by molar-refractivity contribution is 7.91. The number of nitrogens with one attached hydrogen (secondary N) is 2. The Kier molecular flexibility index (Phi) is 5.00. The van der Waals surface area contributed by atoms with Crippen LogP contribution in [0.5, 0.6) is 0 Å². The lowest BCUT2D eigenvalue weighted by atomic mass is 10.2. The fraction of sp³-hybridized carbons (Fsp3) is 0.692. The van der Waals surface area contributed by atoms with Crippen molar-refractivity contribution in [1.29, 1.82) is 0 Å². The lowest BCUT2D eigenvalue weighted by molar-refractivity contribution is 0.539. The minimum Gasteiger partial charge on any atom is -0.317 e. The van der Waals surface area contributed by atoms with E-state index in [1.807, 2.05) is 13.0 Å². The molecule has 1 aromatic rings. The second kappa shape index (κ2) is 6.35. The van der Waals surface area contributed by atoms with Crippen molar-refractivity contribution in [2.45, 2.75) is 43.4 Å². The first-order valence-electron chi connectivity index (χ1n) is 6.84. The van der Waals surface area contributed by atoms with E-state index in [1.165, 1.54) is 11.3 Å². The second-order valence-electron chi connectivity index (χ2n) is 5.07. The van der Waals surface area contributed by atoms with E-state index in [0.717, 1.165) is 37.2 Å². The minimum atomic E-state index is -3.33. The fourth-order valence-electron chi connectivity index (χ4n) is 2.02. The maximum absolute atomic E-state index is 12.2. The fourth-order valence-corrected chi connectivity index (χ4v) is 4.70. The van der Waals surface area contributed by atoms with Crippen molar-refractivity contribution >= 4 is 21.4 Å². The third-order valence-corrected chi connectivity index (χ3v) is 6.57. The van der Waals surface area contributed by atoms with Crippen LogP contribution in [0.25, 0.3) is 0 Å². The summed E-state index contributed by atoms with van der Waals surface area (Å²) in [5.41, 5.74) is 0. The summed E-state index contributed by atoms with van der Waals surface area (Å²) in [6.07, 6.45) is 3.16. The summed E-state index contributed by atoms with van der Waals surface area (Å²) in [6.45, 7) is 5.85. The van der Waals surface area contributed by atoms with Gasteiger partial charge < -0.3 is 5.32 Å². The molecule has 2 N–H and O–H groups in total. The van der Waals surface area contributed by atoms with Gasteiger partial charge in [0.2, 0.25) is 10.0 Å². The predicted molar refractivity (Wildman–Crippen MR) is 79.1 cm³/mol. The van der Waals surface area contributed by atoms with E-state index in [2.05, 4.69) is 17.0 Å². The first-order valence-corrected chi connectivity index (χ1v) is 9.14. The van der Waals surface area contributed by atoms with Gasteiger partial charge in [0, 0.05) is 10.9 Å². The zero-order valence-corrected chi connectivity index (χ0v) is 13.1. The van der Waals surface area contributed by atoms with Crippen LogP contribution in [0.15, 0.2) is 16.3 Å². The normalized spacial score (nSPS) is 17.6. The molecule has 0 amide bonds. The number of rotatable bonds is 8. The molecule has 0 bridgehead atoms. The second-order valence-corrected chi connectivity index (χ2v) is 8.18. The van der Waals surface area contributed by atoms with Gasteiger partial charge in [-0.1, -0.05) is 6.92 Å². The van der Waals surface area contributed by atoms with Crippen molar-refractivity contribution in [3.05, 3.63) is 17.0 Å². The van der Waals surface area contributed by atoms with E-state index >= 15 is 0 Å². The van der Waals surface area contributed by atoms with Crippen molar-refractivity contribution < 1.29 is 8.42 Å². The molecule has 4 nitrogen and oxygen atoms in total. The third-order valence-electron chi connectivity index (χ3n) is 3.37. The van der Waals surface area contributed by atoms with Gasteiger partial charge in [0.05, 0.1) is 0 Å². The molecular formula is C13H22N2O2S2. The van der Waals surface area contributed by atoms with Gasteiger partial charge in [-0.05, 0) is 57.3 Å². The molecule has 1 aliphatic rings. The van der Waals surface area contributed by atoms with Crippen LogP contribution < -0.4 is 10.0 Å². The monoisotopic (exact) mass is 302 g/mol. The quantitative estimate of drug-likeness (QED) is 0.722. The molecule has 0 spiro atoms. The van der Waals surface area contributed by atoms with Gasteiger partial charge >= 0.3 is 0 Å². The van der Waals surface area contributed by atoms with Gasteiger partial charge in [-0.3, -0.25) is 0 Å². The molecule has 1 aromatic heterocycles. The van der Waals surface area contributed by atoms with Crippen LogP contribution in [0.1, 0.15) is 31.6 Å². The zero-order chi connectivity index (χ0) is 13.9. The van der Waals surface area contributed by atoms with Crippen molar-refractivity contribution in [3.63, 3.8) is 0 Å². The van der Waals surface area contributed by atoms with E-state index < -0.39 is 10.0 Å². The Morgan fingerprint density at radius 2 is 2.16 bits per heavy atom. The first kappa shape index (κ1) is 15.0. The number of likely N-dealkylation sites (N-methyl/N-ethyl adjacent to an activating group) is 1. The molecule has 108 valence electrons. The third kappa shape index (κ3) is 4.27. The minimum absolute atomic E-state index is 0.0531. The molecule has 0 saturated heterocycles. The molecule has 0 aliphatic heterocycles. The predicted octanol–water partition coefficient (Wildman–Crippen LogP) is 1.98. The van der Waals surface area contributed by atoms with E-state index in [1.54, 1.807) is 6.07 Å². The summed E-state index contributed by atoms with van der Waals surface area (Å²) in [5.74, 6) is 0.531. The Balaban J connectivity index is 1.95. The molecule has 0 radical (unpaired) electrons. The van der Waals surface area contributed by atoms with Gasteiger partial charge in [0.25, 0.3) is 0 Å². The van der Waals surface area contributed by atoms with Gasteiger partial charge in [-0.2, -0.15) is 0 Å². The average Bonchev–Trinajstić information content (AvgIpc) is 3.09. The van der Waals surface area contributed by atoms with E-state index in [0.29, 0.717) is 10.1 Å². The standard InChI is InChI=1S/C13H22N2O2S2/c1-3-14-9-8-12-6-7-13(18-12)19(16,17)15-10(2)11-4-5-11/h6-7,10-11,14-15H,3-5,8-9H2,1-2H3. The van der Waals surface area contributed by atoms with Crippen LogP contribution in [-0.4, -0.2) is 27.5 Å². The van der Waals surface area contributed by atoms with Crippen LogP contribution in [-0.2, 0) is 16.4 Å². The molecule has 1 aliphatic carbocycles. The Morgan fingerprint density at radius 1 is 1.42 bits per heavy atom. The smallest absolute Gasteiger partial charge is 0.250 e. The summed E-state index contributed by atoms with van der Waals surface area (Å²) in [5, 5.41) is 3.24. The van der Waals surface area contributed by atoms with E-state index in [4.69, 9.17) is 0 Å². The van der Waals surface area contributed by atoms with Crippen molar-refractivity contribution in [1.82, 2.24) is 10.0 Å². The van der Waals surface area contributed by atoms with Gasteiger partial charge in [0.1, 0.15) is 4.21 Å². The number of hydrogen-bond donors (Lipinski definition) is 2. The first-order chi connectivity index (χ1) is 9.03. The van der Waals surface area contributed by atoms with Gasteiger partial charge in [0.15, 0.2) is 0 Å². The Labute approximate surface area is 119 Å². The summed E-state index contributed by atoms with van der Waals surface area (Å²) in [6, 6.07) is 3.68. The molecule has 1 unspecified atom stereocenters. The zero-order valence-electron chi connectivity index (χ0n) is 11.5. The molecular weight excluding hydrogens is 280 g/mol. The molecule has 1 saturated carbocycles. The van der Waals surface area contributed by atoms with Crippen molar-refractivity contribution in [3.8, 4) is 0 Å². The Bertz CT molecular complexity index is 506. The lowest BCUT2D eigenvalue weighted by Gasteiger charge is -2.11. The summed E-state index contributed by atoms with van der Waals surface area (Å²) >= 11 is 1.37. The van der Waals surface area contributed by atoms with Crippen LogP contribution in [0, 0.1) is 5.92 Å². The van der Waals surface area contributed by atoms with Crippen molar-refractivity contribution in [2.24, 2.45) is 5.92 Å². The summed E-state index contributed by atoms with van der Waals surface area (Å²) < 4.78 is 27.6. The molecule has 19 heavy (non-hydrogen) atoms. The molecule has 1 atom stereocenters. The molecule has 6 heteroatoms. The summed E-state index contributed by atoms with van der Waals surface area (Å²) in [4.78, 5) is 1.11. The van der Waals surface area contributed by atoms with Gasteiger partial charge in [-0.25, -0.2) is 13.1 Å².